The van der Waals surface area contributed by atoms with Crippen LogP contribution in [-0.2, 0) is 0 Å². The molecular weight excluding hydrogens is 342 g/mol. The first kappa shape index (κ1) is 17.2. The summed E-state index contributed by atoms with van der Waals surface area (Å²) < 4.78 is 1.98. The minimum absolute atomic E-state index is 0.162. The van der Waals surface area contributed by atoms with Gasteiger partial charge in [0.2, 0.25) is 0 Å². The maximum absolute atomic E-state index is 11.5. The van der Waals surface area contributed by atoms with Gasteiger partial charge in [-0.3, -0.25) is 9.67 Å². The van der Waals surface area contributed by atoms with Gasteiger partial charge in [0.05, 0.1) is 23.5 Å². The van der Waals surface area contributed by atoms with E-state index in [0.717, 1.165) is 24.2 Å². The summed E-state index contributed by atoms with van der Waals surface area (Å²) in [6, 6.07) is 11.7. The number of hydrogen-bond donors (Lipinski definition) is 3. The largest absolute Gasteiger partial charge is 0.478 e. The van der Waals surface area contributed by atoms with E-state index in [9.17, 15) is 9.90 Å². The number of aromatic nitrogens is 3. The van der Waals surface area contributed by atoms with E-state index in [1.807, 2.05) is 41.2 Å². The highest BCUT2D eigenvalue weighted by Crippen LogP contribution is 2.33. The molecule has 4 rings (SSSR count). The molecule has 0 aliphatic carbocycles. The predicted molar refractivity (Wildman–Crippen MR) is 103 cm³/mol. The Morgan fingerprint density at radius 2 is 2.07 bits per heavy atom. The van der Waals surface area contributed by atoms with Crippen LogP contribution in [0.2, 0.25) is 0 Å². The third kappa shape index (κ3) is 3.41. The van der Waals surface area contributed by atoms with Crippen LogP contribution < -0.4 is 10.6 Å². The monoisotopic (exact) mass is 363 g/mol. The zero-order valence-corrected chi connectivity index (χ0v) is 15.0. The summed E-state index contributed by atoms with van der Waals surface area (Å²) in [7, 11) is 0. The molecule has 0 saturated carbocycles. The summed E-state index contributed by atoms with van der Waals surface area (Å²) >= 11 is 0. The lowest BCUT2D eigenvalue weighted by atomic mass is 10.1. The van der Waals surface area contributed by atoms with E-state index < -0.39 is 5.97 Å². The number of carboxylic acids is 1. The van der Waals surface area contributed by atoms with Crippen molar-refractivity contribution in [2.24, 2.45) is 5.92 Å². The highest BCUT2D eigenvalue weighted by Gasteiger charge is 2.27. The number of rotatable bonds is 5. The molecule has 7 heteroatoms. The molecule has 1 aromatic carbocycles. The molecule has 0 amide bonds. The summed E-state index contributed by atoms with van der Waals surface area (Å²) in [6.07, 6.45) is 5.01. The fourth-order valence-corrected chi connectivity index (χ4v) is 3.44. The number of carboxylic acid groups (broad SMARTS) is 1. The Morgan fingerprint density at radius 1 is 1.26 bits per heavy atom. The maximum atomic E-state index is 11.5. The number of nitrogens with one attached hydrogen (secondary N) is 2. The quantitative estimate of drug-likeness (QED) is 0.645. The molecule has 1 aliphatic rings. The molecule has 1 fully saturated rings. The number of anilines is 2. The first-order chi connectivity index (χ1) is 13.1. The Bertz CT molecular complexity index is 954. The topological polar surface area (TPSA) is 92.1 Å². The molecule has 27 heavy (non-hydrogen) atoms. The van der Waals surface area contributed by atoms with Gasteiger partial charge in [0, 0.05) is 24.5 Å². The molecule has 3 aromatic rings. The summed E-state index contributed by atoms with van der Waals surface area (Å²) in [5.74, 6) is 0.0827. The van der Waals surface area contributed by atoms with Crippen LogP contribution in [0.5, 0.6) is 0 Å². The van der Waals surface area contributed by atoms with Crippen molar-refractivity contribution in [1.29, 1.82) is 0 Å². The SMILES string of the molecule is C[C@@H]1CNCC1n1cc(-c2ccccc2)c(Nc2cnccc2C(=O)O)n1. The number of hydrogen-bond acceptors (Lipinski definition) is 5. The van der Waals surface area contributed by atoms with Crippen molar-refractivity contribution in [1.82, 2.24) is 20.1 Å². The second kappa shape index (κ2) is 7.20. The molecule has 1 aliphatic heterocycles. The van der Waals surface area contributed by atoms with Gasteiger partial charge in [-0.25, -0.2) is 4.79 Å². The number of carbonyl (C=O) groups is 1. The van der Waals surface area contributed by atoms with Crippen molar-refractivity contribution in [2.75, 3.05) is 18.4 Å². The van der Waals surface area contributed by atoms with Crippen molar-refractivity contribution in [3.63, 3.8) is 0 Å². The average Bonchev–Trinajstić information content (AvgIpc) is 3.29. The highest BCUT2D eigenvalue weighted by molar-refractivity contribution is 5.95. The van der Waals surface area contributed by atoms with Gasteiger partial charge in [0.1, 0.15) is 0 Å². The Hall–Kier alpha value is -3.19. The lowest BCUT2D eigenvalue weighted by Crippen LogP contribution is -2.16. The molecule has 3 N–H and O–H groups in total. The van der Waals surface area contributed by atoms with Crippen LogP contribution in [-0.4, -0.2) is 38.9 Å². The minimum atomic E-state index is -1.01. The lowest BCUT2D eigenvalue weighted by Gasteiger charge is -2.14. The number of benzene rings is 1. The van der Waals surface area contributed by atoms with Gasteiger partial charge in [-0.1, -0.05) is 37.3 Å². The molecule has 1 unspecified atom stereocenters. The Kier molecular flexibility index (Phi) is 4.60. The van der Waals surface area contributed by atoms with Gasteiger partial charge in [0.25, 0.3) is 0 Å². The van der Waals surface area contributed by atoms with E-state index in [4.69, 9.17) is 5.10 Å². The number of aromatic carboxylic acids is 1. The Morgan fingerprint density at radius 3 is 2.78 bits per heavy atom. The second-order valence-electron chi connectivity index (χ2n) is 6.79. The molecule has 138 valence electrons. The smallest absolute Gasteiger partial charge is 0.337 e. The van der Waals surface area contributed by atoms with Gasteiger partial charge in [-0.15, -0.1) is 0 Å². The van der Waals surface area contributed by atoms with Crippen molar-refractivity contribution in [3.8, 4) is 11.1 Å². The Labute approximate surface area is 157 Å². The van der Waals surface area contributed by atoms with Crippen LogP contribution in [0.3, 0.4) is 0 Å². The second-order valence-corrected chi connectivity index (χ2v) is 6.79. The molecular formula is C20H21N5O2. The van der Waals surface area contributed by atoms with Crippen LogP contribution in [0.15, 0.2) is 55.0 Å². The lowest BCUT2D eigenvalue weighted by molar-refractivity contribution is 0.0698. The van der Waals surface area contributed by atoms with Crippen molar-refractivity contribution in [2.45, 2.75) is 13.0 Å². The van der Waals surface area contributed by atoms with Crippen LogP contribution in [0.4, 0.5) is 11.5 Å². The van der Waals surface area contributed by atoms with Crippen molar-refractivity contribution >= 4 is 17.5 Å². The van der Waals surface area contributed by atoms with Gasteiger partial charge in [0.15, 0.2) is 5.82 Å². The van der Waals surface area contributed by atoms with E-state index in [-0.39, 0.29) is 11.6 Å². The molecule has 2 aromatic heterocycles. The third-order valence-corrected chi connectivity index (χ3v) is 4.94. The highest BCUT2D eigenvalue weighted by atomic mass is 16.4. The summed E-state index contributed by atoms with van der Waals surface area (Å²) in [5, 5.41) is 20.8. The zero-order chi connectivity index (χ0) is 18.8. The summed E-state index contributed by atoms with van der Waals surface area (Å²) in [4.78, 5) is 15.6. The molecule has 0 radical (unpaired) electrons. The molecule has 2 atom stereocenters. The van der Waals surface area contributed by atoms with Crippen LogP contribution in [0, 0.1) is 5.92 Å². The van der Waals surface area contributed by atoms with Gasteiger partial charge < -0.3 is 15.7 Å². The van der Waals surface area contributed by atoms with Gasteiger partial charge in [-0.2, -0.15) is 5.10 Å². The molecule has 3 heterocycles. The Balaban J connectivity index is 1.77. The molecule has 7 nitrogen and oxygen atoms in total. The van der Waals surface area contributed by atoms with Crippen LogP contribution in [0.25, 0.3) is 11.1 Å². The number of nitrogens with zero attached hydrogens (tertiary/aromatic N) is 3. The fourth-order valence-electron chi connectivity index (χ4n) is 3.44. The fraction of sp³-hybridized carbons (Fsp3) is 0.250. The first-order valence-electron chi connectivity index (χ1n) is 8.93. The van der Waals surface area contributed by atoms with E-state index in [2.05, 4.69) is 22.5 Å². The summed E-state index contributed by atoms with van der Waals surface area (Å²) in [6.45, 7) is 4.02. The van der Waals surface area contributed by atoms with Crippen LogP contribution in [0.1, 0.15) is 23.3 Å². The standard InChI is InChI=1S/C20H21N5O2/c1-13-9-22-11-18(13)25-12-16(14-5-3-2-4-6-14)19(24-25)23-17-10-21-8-7-15(17)20(26)27/h2-8,10,12-13,18,22H,9,11H2,1H3,(H,23,24)(H,26,27)/t13-,18?/m1/s1. The van der Waals surface area contributed by atoms with Crippen LogP contribution >= 0.6 is 0 Å². The third-order valence-electron chi connectivity index (χ3n) is 4.94. The van der Waals surface area contributed by atoms with E-state index in [0.29, 0.717) is 17.4 Å². The number of pyridine rings is 1. The molecule has 0 spiro atoms. The molecule has 1 saturated heterocycles. The van der Waals surface area contributed by atoms with E-state index >= 15 is 0 Å². The summed E-state index contributed by atoms with van der Waals surface area (Å²) in [5.41, 5.74) is 2.53. The van der Waals surface area contributed by atoms with E-state index in [1.54, 1.807) is 0 Å². The van der Waals surface area contributed by atoms with Gasteiger partial charge in [-0.05, 0) is 24.1 Å². The molecule has 0 bridgehead atoms. The normalized spacial score (nSPS) is 19.1. The maximum Gasteiger partial charge on any atom is 0.337 e. The predicted octanol–water partition coefficient (Wildman–Crippen LogP) is 3.17. The first-order valence-corrected chi connectivity index (χ1v) is 8.93. The van der Waals surface area contributed by atoms with Gasteiger partial charge >= 0.3 is 5.97 Å². The average molecular weight is 363 g/mol. The van der Waals surface area contributed by atoms with E-state index in [1.165, 1.54) is 18.5 Å². The van der Waals surface area contributed by atoms with Crippen molar-refractivity contribution in [3.05, 3.63) is 60.6 Å². The van der Waals surface area contributed by atoms with Crippen molar-refractivity contribution < 1.29 is 9.90 Å². The zero-order valence-electron chi connectivity index (χ0n) is 15.0. The minimum Gasteiger partial charge on any atom is -0.478 e.